The van der Waals surface area contributed by atoms with Crippen molar-refractivity contribution >= 4 is 17.4 Å². The van der Waals surface area contributed by atoms with Gasteiger partial charge in [0.2, 0.25) is 0 Å². The zero-order valence-corrected chi connectivity index (χ0v) is 11.6. The Hall–Kier alpha value is -1.71. The summed E-state index contributed by atoms with van der Waals surface area (Å²) in [5.74, 6) is 1.47. The fourth-order valence-electron chi connectivity index (χ4n) is 2.79. The maximum absolute atomic E-state index is 10.7. The molecule has 1 saturated carbocycles. The molecule has 0 saturated heterocycles. The molecule has 3 unspecified atom stereocenters. The second-order valence-electron chi connectivity index (χ2n) is 5.58. The number of nitrogens with two attached hydrogens (primary N) is 1. The van der Waals surface area contributed by atoms with Crippen LogP contribution in [0.1, 0.15) is 33.1 Å². The van der Waals surface area contributed by atoms with E-state index in [4.69, 9.17) is 5.73 Å². The van der Waals surface area contributed by atoms with Crippen LogP contribution in [0, 0.1) is 11.8 Å². The van der Waals surface area contributed by atoms with E-state index in [0.29, 0.717) is 12.0 Å². The van der Waals surface area contributed by atoms with Gasteiger partial charge in [-0.2, -0.15) is 0 Å². The van der Waals surface area contributed by atoms with Crippen molar-refractivity contribution in [2.45, 2.75) is 39.2 Å². The van der Waals surface area contributed by atoms with Gasteiger partial charge >= 0.3 is 6.03 Å². The highest BCUT2D eigenvalue weighted by atomic mass is 16.2. The maximum Gasteiger partial charge on any atom is 0.316 e. The maximum atomic E-state index is 10.7. The highest BCUT2D eigenvalue weighted by Crippen LogP contribution is 2.31. The number of amides is 2. The largest absolute Gasteiger partial charge is 0.382 e. The van der Waals surface area contributed by atoms with Gasteiger partial charge in [0.15, 0.2) is 0 Å². The number of urea groups is 1. The van der Waals surface area contributed by atoms with Crippen molar-refractivity contribution in [3.05, 3.63) is 24.3 Å². The molecular weight excluding hydrogens is 238 g/mol. The Balaban J connectivity index is 1.97. The van der Waals surface area contributed by atoms with E-state index in [0.717, 1.165) is 17.3 Å². The molecule has 4 nitrogen and oxygen atoms in total. The first-order valence-electron chi connectivity index (χ1n) is 6.99. The summed E-state index contributed by atoms with van der Waals surface area (Å²) in [7, 11) is 0. The fraction of sp³-hybridized carbons (Fsp3) is 0.533. The van der Waals surface area contributed by atoms with Crippen molar-refractivity contribution in [2.24, 2.45) is 17.6 Å². The second-order valence-corrected chi connectivity index (χ2v) is 5.58. The third-order valence-corrected chi connectivity index (χ3v) is 4.21. The molecule has 1 aliphatic rings. The minimum atomic E-state index is -0.532. The van der Waals surface area contributed by atoms with Crippen LogP contribution in [-0.2, 0) is 0 Å². The van der Waals surface area contributed by atoms with Gasteiger partial charge < -0.3 is 16.4 Å². The molecule has 1 aliphatic carbocycles. The van der Waals surface area contributed by atoms with Gasteiger partial charge in [0.25, 0.3) is 0 Å². The number of benzene rings is 1. The van der Waals surface area contributed by atoms with E-state index in [1.807, 2.05) is 24.3 Å². The van der Waals surface area contributed by atoms with Crippen LogP contribution in [0.25, 0.3) is 0 Å². The van der Waals surface area contributed by atoms with Crippen molar-refractivity contribution in [1.82, 2.24) is 0 Å². The summed E-state index contributed by atoms with van der Waals surface area (Å²) < 4.78 is 0. The molecule has 1 aromatic carbocycles. The quantitative estimate of drug-likeness (QED) is 0.780. The van der Waals surface area contributed by atoms with Crippen LogP contribution < -0.4 is 16.4 Å². The predicted molar refractivity (Wildman–Crippen MR) is 79.2 cm³/mol. The number of hydrogen-bond donors (Lipinski definition) is 3. The SMILES string of the molecule is CC1CCCC(Nc2ccc(NC(N)=O)cc2)C1C. The summed E-state index contributed by atoms with van der Waals surface area (Å²) in [6.45, 7) is 4.66. The molecule has 0 aliphatic heterocycles. The molecule has 4 heteroatoms. The Morgan fingerprint density at radius 3 is 2.42 bits per heavy atom. The van der Waals surface area contributed by atoms with Gasteiger partial charge in [-0.1, -0.05) is 26.7 Å². The highest BCUT2D eigenvalue weighted by Gasteiger charge is 2.26. The predicted octanol–water partition coefficient (Wildman–Crippen LogP) is 3.41. The molecule has 2 rings (SSSR count). The van der Waals surface area contributed by atoms with Crippen LogP contribution >= 0.6 is 0 Å². The third-order valence-electron chi connectivity index (χ3n) is 4.21. The van der Waals surface area contributed by atoms with Crippen LogP contribution in [0.5, 0.6) is 0 Å². The number of hydrogen-bond acceptors (Lipinski definition) is 2. The van der Waals surface area contributed by atoms with Gasteiger partial charge in [-0.05, 0) is 42.5 Å². The third kappa shape index (κ3) is 3.63. The van der Waals surface area contributed by atoms with Gasteiger partial charge in [-0.15, -0.1) is 0 Å². The van der Waals surface area contributed by atoms with Crippen molar-refractivity contribution in [3.8, 4) is 0 Å². The number of primary amides is 1. The molecule has 0 aromatic heterocycles. The van der Waals surface area contributed by atoms with E-state index in [1.165, 1.54) is 19.3 Å². The second kappa shape index (κ2) is 5.95. The minimum Gasteiger partial charge on any atom is -0.382 e. The minimum absolute atomic E-state index is 0.532. The average Bonchev–Trinajstić information content (AvgIpc) is 2.37. The summed E-state index contributed by atoms with van der Waals surface area (Å²) in [4.78, 5) is 10.7. The standard InChI is InChI=1S/C15H23N3O/c1-10-4-3-5-14(11(10)2)17-12-6-8-13(9-7-12)18-15(16)19/h6-11,14,17H,3-5H2,1-2H3,(H3,16,18,19). The summed E-state index contributed by atoms with van der Waals surface area (Å²) in [5, 5.41) is 6.16. The molecule has 4 N–H and O–H groups in total. The van der Waals surface area contributed by atoms with E-state index in [9.17, 15) is 4.79 Å². The molecule has 104 valence electrons. The fourth-order valence-corrected chi connectivity index (χ4v) is 2.79. The van der Waals surface area contributed by atoms with Crippen LogP contribution in [0.3, 0.4) is 0 Å². The first-order valence-corrected chi connectivity index (χ1v) is 6.99. The summed E-state index contributed by atoms with van der Waals surface area (Å²) >= 11 is 0. The summed E-state index contributed by atoms with van der Waals surface area (Å²) in [5.41, 5.74) is 6.90. The van der Waals surface area contributed by atoms with Gasteiger partial charge in [0, 0.05) is 17.4 Å². The monoisotopic (exact) mass is 261 g/mol. The topological polar surface area (TPSA) is 67.2 Å². The smallest absolute Gasteiger partial charge is 0.316 e. The summed E-state index contributed by atoms with van der Waals surface area (Å²) in [6, 6.07) is 7.71. The van der Waals surface area contributed by atoms with Gasteiger partial charge in [-0.25, -0.2) is 4.79 Å². The first kappa shape index (κ1) is 13.7. The van der Waals surface area contributed by atoms with Crippen LogP contribution in [0.15, 0.2) is 24.3 Å². The molecule has 0 heterocycles. The van der Waals surface area contributed by atoms with Crippen molar-refractivity contribution in [1.29, 1.82) is 0 Å². The van der Waals surface area contributed by atoms with Crippen molar-refractivity contribution in [3.63, 3.8) is 0 Å². The van der Waals surface area contributed by atoms with Crippen LogP contribution in [0.2, 0.25) is 0 Å². The van der Waals surface area contributed by atoms with E-state index >= 15 is 0 Å². The zero-order chi connectivity index (χ0) is 13.8. The Morgan fingerprint density at radius 2 is 1.79 bits per heavy atom. The number of carbonyl (C=O) groups is 1. The van der Waals surface area contributed by atoms with E-state index in [-0.39, 0.29) is 0 Å². The highest BCUT2D eigenvalue weighted by molar-refractivity contribution is 5.87. The first-order chi connectivity index (χ1) is 9.06. The van der Waals surface area contributed by atoms with Crippen LogP contribution in [-0.4, -0.2) is 12.1 Å². The lowest BCUT2D eigenvalue weighted by atomic mass is 9.78. The number of anilines is 2. The average molecular weight is 261 g/mol. The van der Waals surface area contributed by atoms with E-state index in [2.05, 4.69) is 24.5 Å². The Kier molecular flexibility index (Phi) is 4.30. The zero-order valence-electron chi connectivity index (χ0n) is 11.6. The molecule has 1 fully saturated rings. The normalized spacial score (nSPS) is 26.7. The molecule has 0 bridgehead atoms. The van der Waals surface area contributed by atoms with Crippen molar-refractivity contribution < 1.29 is 4.79 Å². The van der Waals surface area contributed by atoms with Gasteiger partial charge in [-0.3, -0.25) is 0 Å². The molecular formula is C15H23N3O. The summed E-state index contributed by atoms with van der Waals surface area (Å²) in [6.07, 6.45) is 3.86. The molecule has 1 aromatic rings. The number of carbonyl (C=O) groups excluding carboxylic acids is 1. The lowest BCUT2D eigenvalue weighted by molar-refractivity contribution is 0.253. The lowest BCUT2D eigenvalue weighted by Gasteiger charge is -2.35. The Labute approximate surface area is 114 Å². The molecule has 0 spiro atoms. The van der Waals surface area contributed by atoms with Gasteiger partial charge in [0.1, 0.15) is 0 Å². The lowest BCUT2D eigenvalue weighted by Crippen LogP contribution is -2.34. The van der Waals surface area contributed by atoms with Crippen molar-refractivity contribution in [2.75, 3.05) is 10.6 Å². The number of nitrogens with one attached hydrogen (secondary N) is 2. The van der Waals surface area contributed by atoms with Crippen LogP contribution in [0.4, 0.5) is 16.2 Å². The number of rotatable bonds is 3. The Morgan fingerprint density at radius 1 is 1.16 bits per heavy atom. The molecule has 2 amide bonds. The molecule has 3 atom stereocenters. The molecule has 19 heavy (non-hydrogen) atoms. The van der Waals surface area contributed by atoms with E-state index in [1.54, 1.807) is 0 Å². The Bertz CT molecular complexity index is 430. The van der Waals surface area contributed by atoms with Gasteiger partial charge in [0.05, 0.1) is 0 Å². The molecule has 0 radical (unpaired) electrons. The van der Waals surface area contributed by atoms with E-state index < -0.39 is 6.03 Å².